The number of piperidine rings is 1. The van der Waals surface area contributed by atoms with Crippen molar-refractivity contribution in [3.05, 3.63) is 42.5 Å². The number of amides is 1. The van der Waals surface area contributed by atoms with Gasteiger partial charge in [-0.15, -0.1) is 8.78 Å². The fourth-order valence-corrected chi connectivity index (χ4v) is 3.60. The first kappa shape index (κ1) is 17.7. The molecule has 1 fully saturated rings. The Morgan fingerprint density at radius 2 is 1.86 bits per heavy atom. The van der Waals surface area contributed by atoms with E-state index in [1.807, 2.05) is 29.2 Å². The van der Waals surface area contributed by atoms with Gasteiger partial charge in [0.05, 0.1) is 0 Å². The predicted molar refractivity (Wildman–Crippen MR) is 100 cm³/mol. The van der Waals surface area contributed by atoms with Crippen molar-refractivity contribution in [3.8, 4) is 11.5 Å². The summed E-state index contributed by atoms with van der Waals surface area (Å²) in [7, 11) is 0. The third-order valence-corrected chi connectivity index (χ3v) is 5.09. The van der Waals surface area contributed by atoms with Crippen molar-refractivity contribution in [1.29, 1.82) is 0 Å². The molecule has 3 aromatic rings. The van der Waals surface area contributed by atoms with Crippen LogP contribution in [-0.4, -0.2) is 30.3 Å². The van der Waals surface area contributed by atoms with E-state index in [9.17, 15) is 13.6 Å². The van der Waals surface area contributed by atoms with Crippen LogP contribution in [0.2, 0.25) is 0 Å². The van der Waals surface area contributed by atoms with Crippen molar-refractivity contribution >= 4 is 28.7 Å². The number of para-hydroxylation sites is 2. The van der Waals surface area contributed by atoms with Gasteiger partial charge < -0.3 is 24.1 Å². The van der Waals surface area contributed by atoms with Gasteiger partial charge in [0.1, 0.15) is 5.52 Å². The molecule has 1 amide bonds. The zero-order valence-electron chi connectivity index (χ0n) is 15.2. The number of hydrogen-bond acceptors (Lipinski definition) is 6. The van der Waals surface area contributed by atoms with Gasteiger partial charge >= 0.3 is 6.29 Å². The molecule has 0 atom stereocenters. The number of anilines is 2. The second-order valence-corrected chi connectivity index (χ2v) is 7.04. The highest BCUT2D eigenvalue weighted by Gasteiger charge is 2.43. The van der Waals surface area contributed by atoms with Crippen LogP contribution in [0.1, 0.15) is 12.8 Å². The molecule has 1 aromatic heterocycles. The molecule has 5 rings (SSSR count). The van der Waals surface area contributed by atoms with Gasteiger partial charge in [-0.05, 0) is 37.1 Å². The molecule has 0 aliphatic carbocycles. The van der Waals surface area contributed by atoms with Crippen molar-refractivity contribution in [2.75, 3.05) is 23.3 Å². The fraction of sp³-hybridized carbons (Fsp3) is 0.300. The molecule has 150 valence electrons. The SMILES string of the molecule is O=C(Nc1ccc2c(c1)OC(F)(F)O2)C1CCN(c2nc3ccccc3o2)CC1. The molecule has 3 heterocycles. The van der Waals surface area contributed by atoms with E-state index in [-0.39, 0.29) is 23.3 Å². The third-order valence-electron chi connectivity index (χ3n) is 5.09. The number of aromatic nitrogens is 1. The number of rotatable bonds is 3. The number of benzene rings is 2. The Kier molecular flexibility index (Phi) is 4.04. The topological polar surface area (TPSA) is 76.8 Å². The molecule has 29 heavy (non-hydrogen) atoms. The van der Waals surface area contributed by atoms with Gasteiger partial charge in [-0.2, -0.15) is 4.98 Å². The van der Waals surface area contributed by atoms with Crippen LogP contribution in [0.4, 0.5) is 20.5 Å². The van der Waals surface area contributed by atoms with Crippen LogP contribution in [0, 0.1) is 5.92 Å². The summed E-state index contributed by atoms with van der Waals surface area (Å²) in [5, 5.41) is 2.77. The molecule has 0 spiro atoms. The summed E-state index contributed by atoms with van der Waals surface area (Å²) in [5.74, 6) is -0.506. The van der Waals surface area contributed by atoms with E-state index in [2.05, 4.69) is 19.8 Å². The smallest absolute Gasteiger partial charge is 0.423 e. The molecular weight excluding hydrogens is 384 g/mol. The summed E-state index contributed by atoms with van der Waals surface area (Å²) in [4.78, 5) is 19.1. The Labute approximate surface area is 164 Å². The van der Waals surface area contributed by atoms with Gasteiger partial charge in [0, 0.05) is 30.8 Å². The maximum Gasteiger partial charge on any atom is 0.586 e. The second kappa shape index (κ2) is 6.61. The van der Waals surface area contributed by atoms with Gasteiger partial charge in [-0.25, -0.2) is 0 Å². The highest BCUT2D eigenvalue weighted by atomic mass is 19.3. The normalized spacial score (nSPS) is 18.2. The van der Waals surface area contributed by atoms with E-state index in [0.717, 1.165) is 11.1 Å². The predicted octanol–water partition coefficient (Wildman–Crippen LogP) is 4.00. The van der Waals surface area contributed by atoms with Crippen LogP contribution >= 0.6 is 0 Å². The van der Waals surface area contributed by atoms with Crippen LogP contribution in [0.5, 0.6) is 11.5 Å². The standard InChI is InChI=1S/C20H17F2N3O4/c21-20(22)28-16-6-5-13(11-17(16)29-20)23-18(26)12-7-9-25(10-8-12)19-24-14-3-1-2-4-15(14)27-19/h1-6,11-12H,7-10H2,(H,23,26). The Hall–Kier alpha value is -3.36. The fourth-order valence-electron chi connectivity index (χ4n) is 3.60. The van der Waals surface area contributed by atoms with E-state index in [4.69, 9.17) is 4.42 Å². The van der Waals surface area contributed by atoms with Gasteiger partial charge in [0.15, 0.2) is 17.1 Å². The first-order chi connectivity index (χ1) is 14.0. The molecule has 0 bridgehead atoms. The van der Waals surface area contributed by atoms with Crippen molar-refractivity contribution in [3.63, 3.8) is 0 Å². The number of ether oxygens (including phenoxy) is 2. The number of nitrogens with one attached hydrogen (secondary N) is 1. The van der Waals surface area contributed by atoms with Crippen LogP contribution in [0.15, 0.2) is 46.9 Å². The van der Waals surface area contributed by atoms with Crippen LogP contribution in [0.25, 0.3) is 11.1 Å². The van der Waals surface area contributed by atoms with E-state index >= 15 is 0 Å². The lowest BCUT2D eigenvalue weighted by Gasteiger charge is -2.30. The summed E-state index contributed by atoms with van der Waals surface area (Å²) in [6.07, 6.45) is -2.41. The zero-order chi connectivity index (χ0) is 20.0. The van der Waals surface area contributed by atoms with Crippen molar-refractivity contribution in [2.24, 2.45) is 5.92 Å². The van der Waals surface area contributed by atoms with Gasteiger partial charge in [0.2, 0.25) is 5.91 Å². The lowest BCUT2D eigenvalue weighted by molar-refractivity contribution is -0.286. The minimum absolute atomic E-state index is 0.0559. The molecule has 0 unspecified atom stereocenters. The minimum atomic E-state index is -3.68. The summed E-state index contributed by atoms with van der Waals surface area (Å²) < 4.78 is 40.8. The average Bonchev–Trinajstić information content (AvgIpc) is 3.27. The van der Waals surface area contributed by atoms with Crippen LogP contribution in [0.3, 0.4) is 0 Å². The quantitative estimate of drug-likeness (QED) is 0.715. The minimum Gasteiger partial charge on any atom is -0.423 e. The average molecular weight is 401 g/mol. The maximum atomic E-state index is 13.1. The van der Waals surface area contributed by atoms with Gasteiger partial charge in [-0.1, -0.05) is 12.1 Å². The first-order valence-corrected chi connectivity index (χ1v) is 9.28. The van der Waals surface area contributed by atoms with E-state index in [1.165, 1.54) is 18.2 Å². The molecule has 1 N–H and O–H groups in total. The summed E-state index contributed by atoms with van der Waals surface area (Å²) in [6.45, 7) is 1.27. The lowest BCUT2D eigenvalue weighted by Crippen LogP contribution is -2.38. The van der Waals surface area contributed by atoms with E-state index in [1.54, 1.807) is 0 Å². The maximum absolute atomic E-state index is 13.1. The van der Waals surface area contributed by atoms with Crippen molar-refractivity contribution in [2.45, 2.75) is 19.1 Å². The Morgan fingerprint density at radius 1 is 1.10 bits per heavy atom. The Morgan fingerprint density at radius 3 is 2.66 bits per heavy atom. The highest BCUT2D eigenvalue weighted by Crippen LogP contribution is 2.42. The first-order valence-electron chi connectivity index (χ1n) is 9.28. The number of carbonyl (C=O) groups excluding carboxylic acids is 1. The molecule has 2 aromatic carbocycles. The number of oxazole rings is 1. The molecule has 0 radical (unpaired) electrons. The van der Waals surface area contributed by atoms with Gasteiger partial charge in [0.25, 0.3) is 6.01 Å². The zero-order valence-corrected chi connectivity index (χ0v) is 15.2. The van der Waals surface area contributed by atoms with Crippen molar-refractivity contribution in [1.82, 2.24) is 4.98 Å². The van der Waals surface area contributed by atoms with Crippen molar-refractivity contribution < 1.29 is 27.5 Å². The Bertz CT molecular complexity index is 1040. The van der Waals surface area contributed by atoms with Crippen LogP contribution < -0.4 is 19.7 Å². The summed E-state index contributed by atoms with van der Waals surface area (Å²) in [6, 6.07) is 12.3. The Balaban J connectivity index is 1.21. The molecule has 2 aliphatic rings. The monoisotopic (exact) mass is 401 g/mol. The summed E-state index contributed by atoms with van der Waals surface area (Å²) >= 11 is 0. The number of hydrogen-bond donors (Lipinski definition) is 1. The third kappa shape index (κ3) is 3.43. The molecule has 0 saturated carbocycles. The highest BCUT2D eigenvalue weighted by molar-refractivity contribution is 5.93. The van der Waals surface area contributed by atoms with E-state index in [0.29, 0.717) is 37.6 Å². The molecular formula is C20H17F2N3O4. The second-order valence-electron chi connectivity index (χ2n) is 7.04. The van der Waals surface area contributed by atoms with Gasteiger partial charge in [-0.3, -0.25) is 4.79 Å². The number of halogens is 2. The van der Waals surface area contributed by atoms with E-state index < -0.39 is 6.29 Å². The largest absolute Gasteiger partial charge is 0.586 e. The number of nitrogens with zero attached hydrogens (tertiary/aromatic N) is 2. The van der Waals surface area contributed by atoms with Crippen LogP contribution in [-0.2, 0) is 4.79 Å². The molecule has 2 aliphatic heterocycles. The summed E-state index contributed by atoms with van der Waals surface area (Å²) in [5.41, 5.74) is 1.92. The number of fused-ring (bicyclic) bond motifs is 2. The number of carbonyl (C=O) groups is 1. The molecule has 7 nitrogen and oxygen atoms in total. The number of alkyl halides is 2. The molecule has 1 saturated heterocycles. The molecule has 9 heteroatoms. The lowest BCUT2D eigenvalue weighted by atomic mass is 9.96.